The number of aromatic nitrogens is 1. The summed E-state index contributed by atoms with van der Waals surface area (Å²) < 4.78 is 0. The topological polar surface area (TPSA) is 16.1 Å². The highest BCUT2D eigenvalue weighted by molar-refractivity contribution is 6.17. The molecule has 0 bridgehead atoms. The van der Waals surface area contributed by atoms with Gasteiger partial charge in [-0.15, -0.1) is 11.6 Å². The van der Waals surface area contributed by atoms with Crippen LogP contribution in [0.25, 0.3) is 10.9 Å². The molecule has 0 radical (unpaired) electrons. The van der Waals surface area contributed by atoms with Crippen LogP contribution in [0.1, 0.15) is 25.8 Å². The Labute approximate surface area is 119 Å². The average Bonchev–Trinajstić information content (AvgIpc) is 2.76. The second-order valence-corrected chi connectivity index (χ2v) is 5.91. The number of hydrogen-bond donors (Lipinski definition) is 0. The van der Waals surface area contributed by atoms with E-state index in [-0.39, 0.29) is 0 Å². The Balaban J connectivity index is 2.11. The van der Waals surface area contributed by atoms with E-state index in [0.29, 0.717) is 11.9 Å². The molecule has 3 rings (SSSR count). The molecular formula is C16H19ClN2. The van der Waals surface area contributed by atoms with Crippen molar-refractivity contribution in [2.75, 3.05) is 11.4 Å². The predicted molar refractivity (Wildman–Crippen MR) is 81.9 cm³/mol. The van der Waals surface area contributed by atoms with Crippen molar-refractivity contribution in [1.29, 1.82) is 0 Å². The molecule has 1 aliphatic rings. The van der Waals surface area contributed by atoms with E-state index in [0.717, 1.165) is 29.4 Å². The second-order valence-electron chi connectivity index (χ2n) is 5.64. The van der Waals surface area contributed by atoms with Crippen LogP contribution >= 0.6 is 11.6 Å². The highest BCUT2D eigenvalue weighted by atomic mass is 35.5. The summed E-state index contributed by atoms with van der Waals surface area (Å²) in [4.78, 5) is 7.27. The van der Waals surface area contributed by atoms with Crippen molar-refractivity contribution in [3.8, 4) is 0 Å². The summed E-state index contributed by atoms with van der Waals surface area (Å²) in [6.07, 6.45) is 1.23. The highest BCUT2D eigenvalue weighted by Crippen LogP contribution is 2.32. The van der Waals surface area contributed by atoms with Gasteiger partial charge < -0.3 is 4.90 Å². The number of hydrogen-bond acceptors (Lipinski definition) is 2. The van der Waals surface area contributed by atoms with Gasteiger partial charge in [0.25, 0.3) is 0 Å². The van der Waals surface area contributed by atoms with Gasteiger partial charge >= 0.3 is 0 Å². The molecule has 1 saturated heterocycles. The van der Waals surface area contributed by atoms with Gasteiger partial charge in [0.2, 0.25) is 0 Å². The molecule has 0 N–H and O–H groups in total. The van der Waals surface area contributed by atoms with E-state index in [1.807, 2.05) is 12.1 Å². The first-order valence-electron chi connectivity index (χ1n) is 6.90. The lowest BCUT2D eigenvalue weighted by atomic mass is 10.1. The molecule has 2 aromatic rings. The smallest absolute Gasteiger partial charge is 0.133 e. The van der Waals surface area contributed by atoms with Crippen LogP contribution in [0.4, 0.5) is 5.82 Å². The first-order valence-corrected chi connectivity index (χ1v) is 7.43. The van der Waals surface area contributed by atoms with Gasteiger partial charge in [0.15, 0.2) is 0 Å². The zero-order chi connectivity index (χ0) is 13.4. The molecule has 2 unspecified atom stereocenters. The van der Waals surface area contributed by atoms with Crippen LogP contribution < -0.4 is 4.90 Å². The first-order chi connectivity index (χ1) is 9.19. The minimum atomic E-state index is 0.519. The Hall–Kier alpha value is -1.28. The molecule has 1 fully saturated rings. The van der Waals surface area contributed by atoms with Crippen LogP contribution in [0.15, 0.2) is 30.3 Å². The van der Waals surface area contributed by atoms with Crippen molar-refractivity contribution in [2.24, 2.45) is 5.92 Å². The number of nitrogens with zero attached hydrogens (tertiary/aromatic N) is 2. The van der Waals surface area contributed by atoms with E-state index in [1.165, 1.54) is 11.8 Å². The summed E-state index contributed by atoms with van der Waals surface area (Å²) in [5, 5.41) is 1.17. The second kappa shape index (κ2) is 5.01. The number of benzene rings is 1. The Kier molecular flexibility index (Phi) is 3.36. The molecular weight excluding hydrogens is 256 g/mol. The number of rotatable bonds is 2. The van der Waals surface area contributed by atoms with Gasteiger partial charge in [-0.2, -0.15) is 0 Å². The van der Waals surface area contributed by atoms with Gasteiger partial charge in [0.1, 0.15) is 5.82 Å². The van der Waals surface area contributed by atoms with Gasteiger partial charge in [-0.25, -0.2) is 4.98 Å². The number of anilines is 1. The molecule has 0 saturated carbocycles. The fourth-order valence-electron chi connectivity index (χ4n) is 3.09. The first kappa shape index (κ1) is 12.7. The number of halogens is 1. The third-order valence-corrected chi connectivity index (χ3v) is 4.27. The van der Waals surface area contributed by atoms with Gasteiger partial charge in [-0.1, -0.05) is 25.1 Å². The molecule has 0 amide bonds. The number of fused-ring (bicyclic) bond motifs is 1. The quantitative estimate of drug-likeness (QED) is 0.763. The SMILES string of the molecule is CC1CC(C)N(c2nc3ccccc3cc2CCl)C1. The summed E-state index contributed by atoms with van der Waals surface area (Å²) in [6, 6.07) is 11.0. The zero-order valence-corrected chi connectivity index (χ0v) is 12.2. The van der Waals surface area contributed by atoms with Crippen LogP contribution in [0.2, 0.25) is 0 Å². The normalized spacial score (nSPS) is 23.2. The maximum atomic E-state index is 6.13. The van der Waals surface area contributed by atoms with Gasteiger partial charge in [-0.05, 0) is 31.4 Å². The lowest BCUT2D eigenvalue weighted by molar-refractivity contribution is 0.625. The molecule has 0 aliphatic carbocycles. The summed E-state index contributed by atoms with van der Waals surface area (Å²) in [7, 11) is 0. The van der Waals surface area contributed by atoms with E-state index in [2.05, 4.69) is 36.9 Å². The maximum absolute atomic E-state index is 6.13. The zero-order valence-electron chi connectivity index (χ0n) is 11.4. The molecule has 2 atom stereocenters. The molecule has 3 heteroatoms. The van der Waals surface area contributed by atoms with E-state index < -0.39 is 0 Å². The Morgan fingerprint density at radius 2 is 2.11 bits per heavy atom. The molecule has 1 aliphatic heterocycles. The van der Waals surface area contributed by atoms with Gasteiger partial charge in [0.05, 0.1) is 11.4 Å². The van der Waals surface area contributed by atoms with Gasteiger partial charge in [0, 0.05) is 23.5 Å². The number of alkyl halides is 1. The molecule has 100 valence electrons. The predicted octanol–water partition coefficient (Wildman–Crippen LogP) is 4.21. The van der Waals surface area contributed by atoms with Crippen molar-refractivity contribution in [2.45, 2.75) is 32.2 Å². The summed E-state index contributed by atoms with van der Waals surface area (Å²) in [5.74, 6) is 2.32. The lowest BCUT2D eigenvalue weighted by Gasteiger charge is -2.25. The van der Waals surface area contributed by atoms with E-state index in [4.69, 9.17) is 16.6 Å². The monoisotopic (exact) mass is 274 g/mol. The van der Waals surface area contributed by atoms with Crippen LogP contribution in [-0.4, -0.2) is 17.6 Å². The molecule has 2 nitrogen and oxygen atoms in total. The largest absolute Gasteiger partial charge is 0.353 e. The van der Waals surface area contributed by atoms with Crippen LogP contribution in [-0.2, 0) is 5.88 Å². The van der Waals surface area contributed by atoms with Gasteiger partial charge in [-0.3, -0.25) is 0 Å². The third-order valence-electron chi connectivity index (χ3n) is 3.98. The minimum absolute atomic E-state index is 0.519. The third kappa shape index (κ3) is 2.30. The van der Waals surface area contributed by atoms with Crippen LogP contribution in [0.3, 0.4) is 0 Å². The summed E-state index contributed by atoms with van der Waals surface area (Å²) >= 11 is 6.13. The standard InChI is InChI=1S/C16H19ClN2/c1-11-7-12(2)19(10-11)16-14(9-17)8-13-5-3-4-6-15(13)18-16/h3-6,8,11-12H,7,9-10H2,1-2H3. The van der Waals surface area contributed by atoms with Crippen molar-refractivity contribution in [3.63, 3.8) is 0 Å². The molecule has 19 heavy (non-hydrogen) atoms. The van der Waals surface area contributed by atoms with E-state index in [1.54, 1.807) is 0 Å². The molecule has 2 heterocycles. The maximum Gasteiger partial charge on any atom is 0.133 e. The number of pyridine rings is 1. The fraction of sp³-hybridized carbons (Fsp3) is 0.438. The molecule has 1 aromatic carbocycles. The highest BCUT2D eigenvalue weighted by Gasteiger charge is 2.28. The fourth-order valence-corrected chi connectivity index (χ4v) is 3.29. The molecule has 1 aromatic heterocycles. The van der Waals surface area contributed by atoms with Crippen LogP contribution in [0.5, 0.6) is 0 Å². The van der Waals surface area contributed by atoms with Crippen molar-refractivity contribution < 1.29 is 0 Å². The van der Waals surface area contributed by atoms with E-state index >= 15 is 0 Å². The summed E-state index contributed by atoms with van der Waals surface area (Å²) in [6.45, 7) is 5.66. The Morgan fingerprint density at radius 1 is 1.32 bits per heavy atom. The summed E-state index contributed by atoms with van der Waals surface area (Å²) in [5.41, 5.74) is 2.19. The minimum Gasteiger partial charge on any atom is -0.353 e. The van der Waals surface area contributed by atoms with Crippen LogP contribution in [0, 0.1) is 5.92 Å². The Morgan fingerprint density at radius 3 is 2.79 bits per heavy atom. The number of para-hydroxylation sites is 1. The van der Waals surface area contributed by atoms with Crippen molar-refractivity contribution >= 4 is 28.3 Å². The van der Waals surface area contributed by atoms with E-state index in [9.17, 15) is 0 Å². The van der Waals surface area contributed by atoms with Crippen molar-refractivity contribution in [3.05, 3.63) is 35.9 Å². The lowest BCUT2D eigenvalue weighted by Crippen LogP contribution is -2.28. The molecule has 0 spiro atoms. The van der Waals surface area contributed by atoms with Crippen molar-refractivity contribution in [1.82, 2.24) is 4.98 Å². The average molecular weight is 275 g/mol. The Bertz CT molecular complexity index is 596.